The van der Waals surface area contributed by atoms with Gasteiger partial charge in [-0.1, -0.05) is 0 Å². The topological polar surface area (TPSA) is 0 Å². The van der Waals surface area contributed by atoms with E-state index >= 15 is 0 Å². The van der Waals surface area contributed by atoms with Crippen molar-refractivity contribution in [2.45, 2.75) is 0 Å². The SMILES string of the molecule is Clc1scc[s+]1. The Bertz CT molecular complexity index is 112. The molecule has 0 aromatic carbocycles. The molecule has 6 heavy (non-hydrogen) atoms. The fourth-order valence-electron chi connectivity index (χ4n) is 0.190. The minimum Gasteiger partial charge on any atom is -0.00957 e. The van der Waals surface area contributed by atoms with Crippen molar-refractivity contribution in [1.29, 1.82) is 0 Å². The smallest absolute Gasteiger partial charge is 0.00957 e. The van der Waals surface area contributed by atoms with E-state index in [-0.39, 0.29) is 0 Å². The zero-order valence-electron chi connectivity index (χ0n) is 2.85. The number of hydrogen-bond donors (Lipinski definition) is 0. The fourth-order valence-corrected chi connectivity index (χ4v) is 1.71. The summed E-state index contributed by atoms with van der Waals surface area (Å²) >= 11 is 8.62. The summed E-state index contributed by atoms with van der Waals surface area (Å²) in [6.07, 6.45) is 0. The van der Waals surface area contributed by atoms with Crippen molar-refractivity contribution in [2.24, 2.45) is 0 Å². The first-order valence-corrected chi connectivity index (χ1v) is 3.54. The normalized spacial score (nSPS) is 8.83. The Morgan fingerprint density at radius 2 is 2.67 bits per heavy atom. The lowest BCUT2D eigenvalue weighted by Crippen LogP contribution is -1.18. The Kier molecular flexibility index (Phi) is 1.40. The Balaban J connectivity index is 3.05. The average molecular weight is 138 g/mol. The molecule has 0 saturated carbocycles. The van der Waals surface area contributed by atoms with E-state index < -0.39 is 0 Å². The van der Waals surface area contributed by atoms with E-state index in [0.717, 1.165) is 3.65 Å². The van der Waals surface area contributed by atoms with Crippen molar-refractivity contribution in [1.82, 2.24) is 0 Å². The summed E-state index contributed by atoms with van der Waals surface area (Å²) in [6.45, 7) is 0. The standard InChI is InChI=1S/C3H2ClS2/c4-3-5-1-2-6-3/h1-2H/q+1. The van der Waals surface area contributed by atoms with E-state index in [4.69, 9.17) is 11.6 Å². The van der Waals surface area contributed by atoms with E-state index in [1.807, 2.05) is 10.8 Å². The molecule has 0 amide bonds. The van der Waals surface area contributed by atoms with Gasteiger partial charge in [0.2, 0.25) is 0 Å². The Morgan fingerprint density at radius 3 is 2.83 bits per heavy atom. The molecule has 1 aromatic rings. The van der Waals surface area contributed by atoms with Crippen LogP contribution in [0.4, 0.5) is 0 Å². The van der Waals surface area contributed by atoms with Crippen LogP contribution in [0, 0.1) is 0 Å². The number of halogens is 1. The van der Waals surface area contributed by atoms with E-state index in [1.54, 1.807) is 22.7 Å². The van der Waals surface area contributed by atoms with Crippen molar-refractivity contribution >= 4 is 34.3 Å². The van der Waals surface area contributed by atoms with Crippen LogP contribution < -0.4 is 0 Å². The molecule has 1 heterocycles. The molecule has 0 aliphatic rings. The van der Waals surface area contributed by atoms with Gasteiger partial charge in [-0.15, -0.1) is 0 Å². The Labute approximate surface area is 49.0 Å². The number of rotatable bonds is 0. The van der Waals surface area contributed by atoms with Gasteiger partial charge in [0.05, 0.1) is 22.7 Å². The molecule has 0 N–H and O–H groups in total. The minimum atomic E-state index is 0.898. The second-order valence-corrected chi connectivity index (χ2v) is 3.66. The summed E-state index contributed by atoms with van der Waals surface area (Å²) in [7, 11) is 0. The third-order valence-corrected chi connectivity index (χ3v) is 2.58. The minimum absolute atomic E-state index is 0.898. The maximum atomic E-state index is 5.49. The molecule has 0 nitrogen and oxygen atoms in total. The summed E-state index contributed by atoms with van der Waals surface area (Å²) in [5, 5.41) is 3.93. The molecule has 0 fully saturated rings. The van der Waals surface area contributed by atoms with Crippen molar-refractivity contribution in [3.63, 3.8) is 0 Å². The molecule has 32 valence electrons. The van der Waals surface area contributed by atoms with Crippen molar-refractivity contribution in [2.75, 3.05) is 0 Å². The zero-order valence-corrected chi connectivity index (χ0v) is 5.24. The first kappa shape index (κ1) is 4.50. The molecule has 0 saturated heterocycles. The molecular weight excluding hydrogens is 136 g/mol. The van der Waals surface area contributed by atoms with Crippen LogP contribution in [0.15, 0.2) is 10.8 Å². The molecule has 0 unspecified atom stereocenters. The van der Waals surface area contributed by atoms with Gasteiger partial charge < -0.3 is 0 Å². The van der Waals surface area contributed by atoms with Crippen LogP contribution in [0.25, 0.3) is 0 Å². The highest BCUT2D eigenvalue weighted by Crippen LogP contribution is 2.20. The molecule has 1 aromatic heterocycles. The predicted molar refractivity (Wildman–Crippen MR) is 31.6 cm³/mol. The summed E-state index contributed by atoms with van der Waals surface area (Å²) in [6, 6.07) is 0. The van der Waals surface area contributed by atoms with E-state index in [1.165, 1.54) is 0 Å². The van der Waals surface area contributed by atoms with Gasteiger partial charge in [0, 0.05) is 0 Å². The summed E-state index contributed by atoms with van der Waals surface area (Å²) in [5.74, 6) is 0. The molecular formula is C3H2ClS2+. The molecule has 0 aliphatic carbocycles. The Hall–Kier alpha value is 0.340. The van der Waals surface area contributed by atoms with Crippen LogP contribution in [0.5, 0.6) is 0 Å². The quantitative estimate of drug-likeness (QED) is 0.483. The summed E-state index contributed by atoms with van der Waals surface area (Å²) < 4.78 is 0.898. The highest BCUT2D eigenvalue weighted by atomic mass is 35.5. The van der Waals surface area contributed by atoms with Crippen LogP contribution in [0.1, 0.15) is 0 Å². The van der Waals surface area contributed by atoms with E-state index in [9.17, 15) is 0 Å². The highest BCUT2D eigenvalue weighted by Gasteiger charge is 1.96. The van der Waals surface area contributed by atoms with Crippen LogP contribution in [0.2, 0.25) is 3.65 Å². The van der Waals surface area contributed by atoms with Gasteiger partial charge in [0.25, 0.3) is 0 Å². The molecule has 0 spiro atoms. The van der Waals surface area contributed by atoms with Gasteiger partial charge in [-0.25, -0.2) is 0 Å². The highest BCUT2D eigenvalue weighted by molar-refractivity contribution is 7.33. The lowest BCUT2D eigenvalue weighted by molar-refractivity contribution is 2.38. The van der Waals surface area contributed by atoms with Gasteiger partial charge in [0.15, 0.2) is 0 Å². The molecule has 3 heteroatoms. The van der Waals surface area contributed by atoms with Crippen LogP contribution in [0.3, 0.4) is 0 Å². The van der Waals surface area contributed by atoms with Gasteiger partial charge >= 0.3 is 3.65 Å². The maximum absolute atomic E-state index is 5.49. The first-order chi connectivity index (χ1) is 2.89. The third-order valence-electron chi connectivity index (χ3n) is 0.377. The van der Waals surface area contributed by atoms with Crippen molar-refractivity contribution in [3.8, 4) is 0 Å². The Morgan fingerprint density at radius 1 is 1.83 bits per heavy atom. The zero-order chi connectivity index (χ0) is 4.41. The lowest BCUT2D eigenvalue weighted by atomic mass is 11.2. The van der Waals surface area contributed by atoms with Gasteiger partial charge in [0.1, 0.15) is 10.8 Å². The molecule has 1 rings (SSSR count). The second-order valence-electron chi connectivity index (χ2n) is 0.746. The first-order valence-electron chi connectivity index (χ1n) is 1.40. The molecule has 0 atom stereocenters. The van der Waals surface area contributed by atoms with Crippen LogP contribution in [-0.4, -0.2) is 0 Å². The lowest BCUT2D eigenvalue weighted by Gasteiger charge is -1.43. The molecule has 0 aliphatic heterocycles. The van der Waals surface area contributed by atoms with Gasteiger partial charge in [-0.3, -0.25) is 0 Å². The monoisotopic (exact) mass is 137 g/mol. The molecule has 0 bridgehead atoms. The summed E-state index contributed by atoms with van der Waals surface area (Å²) in [5.41, 5.74) is 0. The third kappa shape index (κ3) is 0.899. The van der Waals surface area contributed by atoms with Crippen molar-refractivity contribution < 1.29 is 0 Å². The predicted octanol–water partition coefficient (Wildman–Crippen LogP) is 2.74. The fraction of sp³-hybridized carbons (Fsp3) is 0. The largest absolute Gasteiger partial charge is 0.346 e. The van der Waals surface area contributed by atoms with Crippen molar-refractivity contribution in [3.05, 3.63) is 14.4 Å². The number of hydrogen-bond acceptors (Lipinski definition) is 1. The second kappa shape index (κ2) is 1.87. The van der Waals surface area contributed by atoms with E-state index in [2.05, 4.69) is 0 Å². The van der Waals surface area contributed by atoms with Crippen LogP contribution >= 0.6 is 34.3 Å². The van der Waals surface area contributed by atoms with Crippen LogP contribution in [-0.2, 0) is 0 Å². The maximum Gasteiger partial charge on any atom is 0.346 e. The van der Waals surface area contributed by atoms with E-state index in [0.29, 0.717) is 0 Å². The van der Waals surface area contributed by atoms with Gasteiger partial charge in [-0.05, 0) is 11.6 Å². The van der Waals surface area contributed by atoms with Gasteiger partial charge in [-0.2, -0.15) is 0 Å². The summed E-state index contributed by atoms with van der Waals surface area (Å²) in [4.78, 5) is 0. The average Bonchev–Trinajstić information content (AvgIpc) is 1.86. The molecule has 0 radical (unpaired) electrons.